The third-order valence-corrected chi connectivity index (χ3v) is 4.40. The normalized spacial score (nSPS) is 28.9. The molecule has 7 nitrogen and oxygen atoms in total. The Morgan fingerprint density at radius 1 is 1.35 bits per heavy atom. The van der Waals surface area contributed by atoms with Crippen molar-refractivity contribution in [3.8, 4) is 0 Å². The molecular weight excluding hydrogens is 298 g/mol. The highest BCUT2D eigenvalue weighted by Gasteiger charge is 2.41. The summed E-state index contributed by atoms with van der Waals surface area (Å²) in [6.07, 6.45) is 0.851. The van der Waals surface area contributed by atoms with Crippen molar-refractivity contribution in [1.82, 2.24) is 15.1 Å². The van der Waals surface area contributed by atoms with Gasteiger partial charge in [-0.3, -0.25) is 0 Å². The van der Waals surface area contributed by atoms with E-state index in [9.17, 15) is 14.7 Å². The van der Waals surface area contributed by atoms with Crippen molar-refractivity contribution in [3.05, 3.63) is 0 Å². The Kier molecular flexibility index (Phi) is 5.39. The smallest absolute Gasteiger partial charge is 0.407 e. The number of carbonyl (C=O) groups excluding carboxylic acids is 2. The Balaban J connectivity index is 2.05. The van der Waals surface area contributed by atoms with Crippen LogP contribution >= 0.6 is 0 Å². The molecule has 0 spiro atoms. The zero-order valence-electron chi connectivity index (χ0n) is 14.5. The van der Waals surface area contributed by atoms with Crippen molar-refractivity contribution in [2.45, 2.75) is 70.7 Å². The van der Waals surface area contributed by atoms with Crippen LogP contribution in [0.4, 0.5) is 9.59 Å². The van der Waals surface area contributed by atoms with E-state index >= 15 is 0 Å². The largest absolute Gasteiger partial charge is 0.444 e. The van der Waals surface area contributed by atoms with Crippen molar-refractivity contribution in [2.75, 3.05) is 19.6 Å². The lowest BCUT2D eigenvalue weighted by Crippen LogP contribution is -2.56. The van der Waals surface area contributed by atoms with E-state index in [4.69, 9.17) is 4.74 Å². The van der Waals surface area contributed by atoms with Crippen LogP contribution < -0.4 is 5.32 Å². The summed E-state index contributed by atoms with van der Waals surface area (Å²) in [4.78, 5) is 28.1. The number of nitrogens with zero attached hydrogens (tertiary/aromatic N) is 2. The number of rotatable bonds is 3. The van der Waals surface area contributed by atoms with Crippen LogP contribution in [0, 0.1) is 0 Å². The lowest BCUT2D eigenvalue weighted by Gasteiger charge is -2.39. The fraction of sp³-hybridized carbons (Fsp3) is 0.875. The molecule has 1 aliphatic carbocycles. The third-order valence-electron chi connectivity index (χ3n) is 4.40. The maximum absolute atomic E-state index is 12.4. The van der Waals surface area contributed by atoms with E-state index in [1.807, 2.05) is 27.7 Å². The summed E-state index contributed by atoms with van der Waals surface area (Å²) in [5, 5.41) is 12.9. The minimum Gasteiger partial charge on any atom is -0.444 e. The Morgan fingerprint density at radius 2 is 2.04 bits per heavy atom. The summed E-state index contributed by atoms with van der Waals surface area (Å²) in [5.74, 6) is 0. The number of aliphatic hydroxyl groups is 1. The van der Waals surface area contributed by atoms with E-state index in [1.165, 1.54) is 0 Å². The van der Waals surface area contributed by atoms with Gasteiger partial charge in [0, 0.05) is 19.6 Å². The number of alkyl carbamates (subject to hydrolysis) is 1. The fourth-order valence-corrected chi connectivity index (χ4v) is 3.30. The van der Waals surface area contributed by atoms with Gasteiger partial charge < -0.3 is 25.0 Å². The number of amides is 3. The summed E-state index contributed by atoms with van der Waals surface area (Å²) in [6, 6.07) is -0.382. The summed E-state index contributed by atoms with van der Waals surface area (Å²) in [7, 11) is 0. The van der Waals surface area contributed by atoms with Gasteiger partial charge in [-0.15, -0.1) is 0 Å². The first kappa shape index (κ1) is 17.8. The molecule has 2 N–H and O–H groups in total. The molecule has 0 aromatic heterocycles. The second-order valence-electron chi connectivity index (χ2n) is 7.34. The molecule has 132 valence electrons. The third kappa shape index (κ3) is 4.50. The van der Waals surface area contributed by atoms with Gasteiger partial charge in [0.1, 0.15) is 5.60 Å². The van der Waals surface area contributed by atoms with Gasteiger partial charge in [0.2, 0.25) is 0 Å². The molecule has 23 heavy (non-hydrogen) atoms. The Morgan fingerprint density at radius 3 is 2.61 bits per heavy atom. The van der Waals surface area contributed by atoms with E-state index in [0.29, 0.717) is 38.9 Å². The molecule has 1 aliphatic heterocycles. The Hall–Kier alpha value is -1.50. The highest BCUT2D eigenvalue weighted by Crippen LogP contribution is 2.27. The molecule has 2 rings (SSSR count). The predicted octanol–water partition coefficient (Wildman–Crippen LogP) is 1.55. The summed E-state index contributed by atoms with van der Waals surface area (Å²) >= 11 is 0. The molecule has 2 fully saturated rings. The van der Waals surface area contributed by atoms with E-state index in [0.717, 1.165) is 0 Å². The first-order valence-electron chi connectivity index (χ1n) is 8.44. The minimum absolute atomic E-state index is 0.0115. The summed E-state index contributed by atoms with van der Waals surface area (Å²) < 4.78 is 5.32. The number of hydrogen-bond donors (Lipinski definition) is 2. The zero-order valence-corrected chi connectivity index (χ0v) is 14.5. The highest BCUT2D eigenvalue weighted by molar-refractivity contribution is 5.77. The molecule has 2 aliphatic rings. The number of ether oxygens (including phenoxy) is 1. The molecule has 0 radical (unpaired) electrons. The summed E-state index contributed by atoms with van der Waals surface area (Å²) in [5.41, 5.74) is -0.559. The maximum Gasteiger partial charge on any atom is 0.407 e. The van der Waals surface area contributed by atoms with E-state index in [2.05, 4.69) is 5.32 Å². The second kappa shape index (κ2) is 6.95. The molecule has 3 unspecified atom stereocenters. The van der Waals surface area contributed by atoms with Gasteiger partial charge in [-0.1, -0.05) is 0 Å². The summed E-state index contributed by atoms with van der Waals surface area (Å²) in [6.45, 7) is 9.41. The van der Waals surface area contributed by atoms with Crippen LogP contribution in [0.1, 0.15) is 47.0 Å². The predicted molar refractivity (Wildman–Crippen MR) is 86.2 cm³/mol. The number of nitrogens with one attached hydrogen (secondary N) is 1. The van der Waals surface area contributed by atoms with Crippen molar-refractivity contribution in [2.24, 2.45) is 0 Å². The van der Waals surface area contributed by atoms with Crippen LogP contribution in [0.15, 0.2) is 0 Å². The molecule has 0 aromatic carbocycles. The number of hydrogen-bond acceptors (Lipinski definition) is 4. The van der Waals surface area contributed by atoms with E-state index < -0.39 is 17.8 Å². The monoisotopic (exact) mass is 327 g/mol. The lowest BCUT2D eigenvalue weighted by atomic mass is 9.87. The van der Waals surface area contributed by atoms with Gasteiger partial charge in [0.15, 0.2) is 0 Å². The average molecular weight is 327 g/mol. The van der Waals surface area contributed by atoms with Gasteiger partial charge in [-0.05, 0) is 47.0 Å². The topological polar surface area (TPSA) is 82.1 Å². The van der Waals surface area contributed by atoms with E-state index in [1.54, 1.807) is 9.80 Å². The van der Waals surface area contributed by atoms with E-state index in [-0.39, 0.29) is 18.1 Å². The van der Waals surface area contributed by atoms with Crippen LogP contribution in [0.5, 0.6) is 0 Å². The van der Waals surface area contributed by atoms with Crippen LogP contribution in [0.2, 0.25) is 0 Å². The molecule has 1 heterocycles. The number of likely N-dealkylation sites (N-methyl/N-ethyl adjacent to an activating group) is 1. The van der Waals surface area contributed by atoms with Gasteiger partial charge in [0.25, 0.3) is 0 Å². The van der Waals surface area contributed by atoms with Crippen LogP contribution in [0.3, 0.4) is 0 Å². The highest BCUT2D eigenvalue weighted by atomic mass is 16.6. The Bertz CT molecular complexity index is 449. The number of aliphatic hydroxyl groups excluding tert-OH is 1. The van der Waals surface area contributed by atoms with Crippen molar-refractivity contribution in [1.29, 1.82) is 0 Å². The minimum atomic E-state index is -0.559. The first-order valence-corrected chi connectivity index (χ1v) is 8.44. The quantitative estimate of drug-likeness (QED) is 0.824. The molecule has 3 atom stereocenters. The van der Waals surface area contributed by atoms with Gasteiger partial charge in [0.05, 0.1) is 18.2 Å². The molecule has 7 heteroatoms. The molecule has 0 aromatic rings. The second-order valence-corrected chi connectivity index (χ2v) is 7.34. The van der Waals surface area contributed by atoms with Crippen LogP contribution in [-0.4, -0.2) is 70.5 Å². The van der Waals surface area contributed by atoms with Gasteiger partial charge in [-0.2, -0.15) is 0 Å². The number of urea groups is 1. The van der Waals surface area contributed by atoms with Gasteiger partial charge >= 0.3 is 12.1 Å². The van der Waals surface area contributed by atoms with Crippen molar-refractivity contribution >= 4 is 12.1 Å². The fourth-order valence-electron chi connectivity index (χ4n) is 3.30. The SMILES string of the molecule is CCN1CCN(C2CC(O)CCC2NC(=O)OC(C)(C)C)C1=O. The van der Waals surface area contributed by atoms with Crippen LogP contribution in [0.25, 0.3) is 0 Å². The van der Waals surface area contributed by atoms with Gasteiger partial charge in [-0.25, -0.2) is 9.59 Å². The lowest BCUT2D eigenvalue weighted by molar-refractivity contribution is 0.0327. The molecule has 1 saturated heterocycles. The first-order chi connectivity index (χ1) is 10.7. The Labute approximate surface area is 138 Å². The zero-order chi connectivity index (χ0) is 17.2. The maximum atomic E-state index is 12.4. The molecule has 0 bridgehead atoms. The number of carbonyl (C=O) groups is 2. The molecule has 1 saturated carbocycles. The molecule has 3 amide bonds. The van der Waals surface area contributed by atoms with Crippen molar-refractivity contribution < 1.29 is 19.4 Å². The average Bonchev–Trinajstić information content (AvgIpc) is 2.79. The van der Waals surface area contributed by atoms with Crippen LogP contribution in [-0.2, 0) is 4.74 Å². The molecular formula is C16H29N3O4. The standard InChI is InChI=1S/C16H29N3O4/c1-5-18-8-9-19(15(18)22)13-10-11(20)6-7-12(13)17-14(21)23-16(2,3)4/h11-13,20H,5-10H2,1-4H3,(H,17,21). The van der Waals surface area contributed by atoms with Crippen molar-refractivity contribution in [3.63, 3.8) is 0 Å².